The maximum Gasteiger partial charge on any atom is 2.00 e. The van der Waals surface area contributed by atoms with Crippen LogP contribution in [0.3, 0.4) is 0 Å². The Labute approximate surface area is 180 Å². The molecule has 0 fully saturated rings. The van der Waals surface area contributed by atoms with E-state index >= 15 is 0 Å². The van der Waals surface area contributed by atoms with E-state index in [9.17, 15) is 42.8 Å². The van der Waals surface area contributed by atoms with Gasteiger partial charge in [-0.15, -0.1) is 0 Å². The van der Waals surface area contributed by atoms with Crippen molar-refractivity contribution >= 4 is 36.0 Å². The summed E-state index contributed by atoms with van der Waals surface area (Å²) in [6, 6.07) is 9.99. The fourth-order valence-electron chi connectivity index (χ4n) is 1.65. The van der Waals surface area contributed by atoms with Crippen LogP contribution in [0.4, 0.5) is 0 Å². The summed E-state index contributed by atoms with van der Waals surface area (Å²) in [7, 11) is -20.2. The quantitative estimate of drug-likeness (QED) is 0.302. The van der Waals surface area contributed by atoms with Crippen molar-refractivity contribution in [1.29, 1.82) is 0 Å². The van der Waals surface area contributed by atoms with Gasteiger partial charge in [-0.05, 0) is 38.1 Å². The Morgan fingerprint density at radius 1 is 0.517 bits per heavy atom. The summed E-state index contributed by atoms with van der Waals surface area (Å²) in [5.74, 6) is 0. The molecule has 0 spiro atoms. The first kappa shape index (κ1) is 27.8. The summed E-state index contributed by atoms with van der Waals surface area (Å²) >= 11 is 0. The van der Waals surface area contributed by atoms with Gasteiger partial charge in [0.25, 0.3) is 17.7 Å². The molecule has 0 saturated heterocycles. The molecule has 0 aromatic heterocycles. The van der Waals surface area contributed by atoms with E-state index in [1.54, 1.807) is 13.8 Å². The third-order valence-electron chi connectivity index (χ3n) is 3.16. The Bertz CT molecular complexity index is 1160. The minimum Gasteiger partial charge on any atom is -0.735 e. The third-order valence-corrected chi connectivity index (χ3v) is 10.3. The maximum atomic E-state index is 11.1. The second kappa shape index (κ2) is 9.73. The fraction of sp³-hybridized carbons (Fsp3) is 0.143. The first-order valence-corrected chi connectivity index (χ1v) is 13.9. The van der Waals surface area contributed by atoms with Crippen LogP contribution < -0.4 is 0 Å². The van der Waals surface area contributed by atoms with Crippen LogP contribution in [0.1, 0.15) is 11.1 Å². The van der Waals surface area contributed by atoms with Crippen LogP contribution in [-0.2, 0) is 55.5 Å². The summed E-state index contributed by atoms with van der Waals surface area (Å²) in [6.07, 6.45) is 0. The van der Waals surface area contributed by atoms with Gasteiger partial charge in [0.2, 0.25) is 18.3 Å². The smallest absolute Gasteiger partial charge is 0.735 e. The second-order valence-electron chi connectivity index (χ2n) is 5.35. The van der Waals surface area contributed by atoms with Crippen molar-refractivity contribution in [1.82, 2.24) is 0 Å². The van der Waals surface area contributed by atoms with E-state index in [2.05, 4.69) is 0 Å². The van der Waals surface area contributed by atoms with Gasteiger partial charge >= 0.3 is 19.5 Å². The second-order valence-corrected chi connectivity index (χ2v) is 14.8. The van der Waals surface area contributed by atoms with Gasteiger partial charge in [-0.1, -0.05) is 35.4 Å². The number of hydrogen-bond donors (Lipinski definition) is 0. The topological polar surface area (TPSA) is 183 Å². The van der Waals surface area contributed by atoms with Crippen molar-refractivity contribution in [3.05, 3.63) is 59.7 Å². The van der Waals surface area contributed by atoms with Crippen LogP contribution in [0.25, 0.3) is 0 Å². The molecule has 0 aliphatic heterocycles. The summed E-state index contributed by atoms with van der Waals surface area (Å²) in [6.45, 7) is 3.42. The molecular weight excluding hydrogens is 522 g/mol. The van der Waals surface area contributed by atoms with E-state index in [0.29, 0.717) is 0 Å². The van der Waals surface area contributed by atoms with E-state index < -0.39 is 45.8 Å². The molecule has 2 aromatic carbocycles. The first-order valence-electron chi connectivity index (χ1n) is 7.05. The molecule has 0 aliphatic rings. The van der Waals surface area contributed by atoms with E-state index in [4.69, 9.17) is 0 Å². The van der Waals surface area contributed by atoms with Gasteiger partial charge in [0.1, 0.15) is 0 Å². The van der Waals surface area contributed by atoms with E-state index in [-0.39, 0.29) is 19.5 Å². The van der Waals surface area contributed by atoms with Gasteiger partial charge < -0.3 is 9.11 Å². The number of aryl methyl sites for hydroxylation is 2. The van der Waals surface area contributed by atoms with Gasteiger partial charge in [-0.25, -0.2) is 33.7 Å². The zero-order chi connectivity index (χ0) is 22.0. The Balaban J connectivity index is 0.000000523. The van der Waals surface area contributed by atoms with Crippen molar-refractivity contribution < 1.29 is 62.3 Å². The molecule has 29 heavy (non-hydrogen) atoms. The number of rotatable bonds is 4. The molecule has 0 radical (unpaired) electrons. The molecule has 0 heterocycles. The Morgan fingerprint density at radius 3 is 0.897 bits per heavy atom. The molecule has 0 saturated carbocycles. The Hall–Kier alpha value is -1.22. The van der Waals surface area contributed by atoms with Crippen molar-refractivity contribution in [3.8, 4) is 0 Å². The minimum absolute atomic E-state index is 0. The van der Waals surface area contributed by atoms with Gasteiger partial charge in [-0.3, -0.25) is 0 Å². The molecule has 0 aliphatic carbocycles. The molecule has 2 aromatic rings. The van der Waals surface area contributed by atoms with Crippen LogP contribution in [0.5, 0.6) is 0 Å². The monoisotopic (exact) mass is 534 g/mol. The van der Waals surface area contributed by atoms with Crippen LogP contribution in [0.2, 0.25) is 0 Å². The van der Waals surface area contributed by atoms with Crippen LogP contribution >= 0.6 is 0 Å². The summed E-state index contributed by atoms with van der Waals surface area (Å²) in [5.41, 5.74) is 1.54. The summed E-state index contributed by atoms with van der Waals surface area (Å²) < 4.78 is 107. The molecule has 2 rings (SSSR count). The van der Waals surface area contributed by atoms with Gasteiger partial charge in [-0.2, -0.15) is 0 Å². The average Bonchev–Trinajstić information content (AvgIpc) is 2.54. The molecule has 0 unspecified atom stereocenters. The van der Waals surface area contributed by atoms with E-state index in [0.717, 1.165) is 35.4 Å². The maximum absolute atomic E-state index is 11.1. The third kappa shape index (κ3) is 6.91. The first-order chi connectivity index (χ1) is 12.5. The van der Waals surface area contributed by atoms with Crippen molar-refractivity contribution in [2.45, 2.75) is 23.6 Å². The zero-order valence-electron chi connectivity index (χ0n) is 15.0. The largest absolute Gasteiger partial charge is 2.00 e. The predicted octanol–water partition coefficient (Wildman–Crippen LogP) is 0.455. The normalized spacial score (nSPS) is 12.3. The Morgan fingerprint density at radius 2 is 0.724 bits per heavy atom. The predicted molar refractivity (Wildman–Crippen MR) is 96.1 cm³/mol. The van der Waals surface area contributed by atoms with Gasteiger partial charge in [0.15, 0.2) is 0 Å². The van der Waals surface area contributed by atoms with Crippen LogP contribution in [0, 0.1) is 13.8 Å². The van der Waals surface area contributed by atoms with Crippen molar-refractivity contribution in [2.75, 3.05) is 0 Å². The van der Waals surface area contributed by atoms with Gasteiger partial charge in [0.05, 0.1) is 9.79 Å². The van der Waals surface area contributed by atoms with E-state index in [1.807, 2.05) is 0 Å². The molecule has 0 amide bonds. The molecule has 10 nitrogen and oxygen atoms in total. The average molecular weight is 536 g/mol. The summed E-state index contributed by atoms with van der Waals surface area (Å²) in [5, 5.41) is 0. The summed E-state index contributed by atoms with van der Waals surface area (Å²) in [4.78, 5) is -1.00. The molecule has 0 bridgehead atoms. The van der Waals surface area contributed by atoms with Crippen LogP contribution in [-0.4, -0.2) is 42.8 Å². The molecule has 156 valence electrons. The molecule has 0 atom stereocenters. The SMILES string of the molecule is Cc1ccc(S(=O)(=O)S(=O)(=O)[O-])cc1.Cc1ccc(S(=O)(=O)S(=O)(=O)[O-])cc1.[Zn+2]. The fourth-order valence-corrected chi connectivity index (χ4v) is 5.14. The molecular formula is C14H14O10S4Zn. The van der Waals surface area contributed by atoms with Crippen molar-refractivity contribution in [2.24, 2.45) is 0 Å². The Kier molecular flexibility index (Phi) is 9.32. The van der Waals surface area contributed by atoms with Crippen LogP contribution in [0.15, 0.2) is 58.3 Å². The van der Waals surface area contributed by atoms with Gasteiger partial charge in [0, 0.05) is 0 Å². The molecule has 0 N–H and O–H groups in total. The molecule has 15 heteroatoms. The zero-order valence-corrected chi connectivity index (χ0v) is 21.3. The number of benzene rings is 2. The van der Waals surface area contributed by atoms with Crippen molar-refractivity contribution in [3.63, 3.8) is 0 Å². The minimum atomic E-state index is -5.35. The van der Waals surface area contributed by atoms with E-state index in [1.165, 1.54) is 24.3 Å². The standard InChI is InChI=1S/2C7H8O5S2.Zn/c2*1-6-2-4-7(5-3-6)13(8,9)14(10,11)12;/h2*2-5H,1H3,(H,10,11,12);/q;;+2/p-2. The number of hydrogen-bond acceptors (Lipinski definition) is 10.